The number of nitro groups is 1. The number of nitrogens with one attached hydrogen (secondary N) is 2. The van der Waals surface area contributed by atoms with Gasteiger partial charge in [0.2, 0.25) is 0 Å². The van der Waals surface area contributed by atoms with Crippen LogP contribution in [0.25, 0.3) is 0 Å². The second kappa shape index (κ2) is 5.26. The summed E-state index contributed by atoms with van der Waals surface area (Å²) in [7, 11) is 1.53. The lowest BCUT2D eigenvalue weighted by atomic mass is 10.1. The average molecular weight is 263 g/mol. The molecule has 6 heteroatoms. The number of hydrogen-bond acceptors (Lipinski definition) is 4. The lowest BCUT2D eigenvalue weighted by Crippen LogP contribution is -2.20. The van der Waals surface area contributed by atoms with Crippen LogP contribution in [0.3, 0.4) is 0 Å². The fraction of sp³-hybridized carbons (Fsp3) is 0.462. The van der Waals surface area contributed by atoms with Crippen LogP contribution >= 0.6 is 0 Å². The van der Waals surface area contributed by atoms with Crippen molar-refractivity contribution in [2.45, 2.75) is 25.8 Å². The van der Waals surface area contributed by atoms with Crippen molar-refractivity contribution in [2.24, 2.45) is 5.92 Å². The molecule has 1 aromatic rings. The SMILES string of the molecule is CNC(=O)c1ccc([N+](=O)[O-])c(NC(C)C2CC2)c1. The van der Waals surface area contributed by atoms with E-state index in [1.807, 2.05) is 6.92 Å². The maximum absolute atomic E-state index is 11.6. The molecule has 1 unspecified atom stereocenters. The van der Waals surface area contributed by atoms with E-state index in [4.69, 9.17) is 0 Å². The van der Waals surface area contributed by atoms with Crippen molar-refractivity contribution in [3.63, 3.8) is 0 Å². The van der Waals surface area contributed by atoms with Crippen molar-refractivity contribution in [1.82, 2.24) is 5.32 Å². The first-order valence-corrected chi connectivity index (χ1v) is 6.30. The number of amides is 1. The molecule has 6 nitrogen and oxygen atoms in total. The van der Waals surface area contributed by atoms with Gasteiger partial charge in [-0.25, -0.2) is 0 Å². The van der Waals surface area contributed by atoms with E-state index in [2.05, 4.69) is 10.6 Å². The summed E-state index contributed by atoms with van der Waals surface area (Å²) < 4.78 is 0. The van der Waals surface area contributed by atoms with Crippen LogP contribution in [-0.2, 0) is 0 Å². The van der Waals surface area contributed by atoms with Crippen LogP contribution in [0.1, 0.15) is 30.1 Å². The first-order valence-electron chi connectivity index (χ1n) is 6.30. The highest BCUT2D eigenvalue weighted by Crippen LogP contribution is 2.35. The van der Waals surface area contributed by atoms with Crippen LogP contribution in [0.15, 0.2) is 18.2 Å². The Bertz CT molecular complexity index is 512. The van der Waals surface area contributed by atoms with Gasteiger partial charge >= 0.3 is 0 Å². The van der Waals surface area contributed by atoms with E-state index in [1.165, 1.54) is 25.2 Å². The Balaban J connectivity index is 2.29. The fourth-order valence-electron chi connectivity index (χ4n) is 2.06. The molecule has 2 N–H and O–H groups in total. The van der Waals surface area contributed by atoms with Crippen molar-refractivity contribution < 1.29 is 9.72 Å². The van der Waals surface area contributed by atoms with Gasteiger partial charge in [0, 0.05) is 24.7 Å². The molecule has 102 valence electrons. The second-order valence-electron chi connectivity index (χ2n) is 4.84. The van der Waals surface area contributed by atoms with E-state index in [1.54, 1.807) is 0 Å². The number of carbonyl (C=O) groups excluding carboxylic acids is 1. The number of nitro benzene ring substituents is 1. The smallest absolute Gasteiger partial charge is 0.292 e. The third kappa shape index (κ3) is 3.01. The Morgan fingerprint density at radius 3 is 2.68 bits per heavy atom. The second-order valence-corrected chi connectivity index (χ2v) is 4.84. The predicted molar refractivity (Wildman–Crippen MR) is 72.3 cm³/mol. The molecule has 1 atom stereocenters. The van der Waals surface area contributed by atoms with Gasteiger partial charge in [-0.05, 0) is 37.8 Å². The summed E-state index contributed by atoms with van der Waals surface area (Å²) in [4.78, 5) is 22.1. The zero-order valence-corrected chi connectivity index (χ0v) is 11.0. The number of nitrogens with zero attached hydrogens (tertiary/aromatic N) is 1. The minimum atomic E-state index is -0.435. The lowest BCUT2D eigenvalue weighted by Gasteiger charge is -2.15. The Kier molecular flexibility index (Phi) is 3.69. The molecule has 1 aromatic carbocycles. The summed E-state index contributed by atoms with van der Waals surface area (Å²) in [5, 5.41) is 16.7. The largest absolute Gasteiger partial charge is 0.377 e. The molecule has 19 heavy (non-hydrogen) atoms. The van der Waals surface area contributed by atoms with Gasteiger partial charge in [-0.2, -0.15) is 0 Å². The van der Waals surface area contributed by atoms with Crippen LogP contribution in [0, 0.1) is 16.0 Å². The Morgan fingerprint density at radius 1 is 1.47 bits per heavy atom. The normalized spacial score (nSPS) is 15.7. The van der Waals surface area contributed by atoms with E-state index >= 15 is 0 Å². The summed E-state index contributed by atoms with van der Waals surface area (Å²) in [6.07, 6.45) is 2.30. The number of benzene rings is 1. The number of anilines is 1. The van der Waals surface area contributed by atoms with Crippen LogP contribution in [0.2, 0.25) is 0 Å². The molecule has 0 saturated heterocycles. The van der Waals surface area contributed by atoms with Gasteiger partial charge in [-0.15, -0.1) is 0 Å². The molecule has 1 aliphatic carbocycles. The Labute approximate surface area is 111 Å². The molecule has 0 aromatic heterocycles. The molecule has 1 saturated carbocycles. The third-order valence-electron chi connectivity index (χ3n) is 3.39. The molecular weight excluding hydrogens is 246 g/mol. The van der Waals surface area contributed by atoms with Gasteiger partial charge in [0.1, 0.15) is 5.69 Å². The van der Waals surface area contributed by atoms with Gasteiger partial charge in [0.25, 0.3) is 11.6 Å². The maximum Gasteiger partial charge on any atom is 0.292 e. The van der Waals surface area contributed by atoms with E-state index in [0.717, 1.165) is 12.8 Å². The van der Waals surface area contributed by atoms with Crippen LogP contribution < -0.4 is 10.6 Å². The van der Waals surface area contributed by atoms with Crippen molar-refractivity contribution in [3.05, 3.63) is 33.9 Å². The first kappa shape index (κ1) is 13.3. The number of rotatable bonds is 5. The van der Waals surface area contributed by atoms with Crippen molar-refractivity contribution in [1.29, 1.82) is 0 Å². The van der Waals surface area contributed by atoms with E-state index in [9.17, 15) is 14.9 Å². The van der Waals surface area contributed by atoms with E-state index in [-0.39, 0.29) is 17.6 Å². The molecule has 0 aliphatic heterocycles. The van der Waals surface area contributed by atoms with Gasteiger partial charge in [0.15, 0.2) is 0 Å². The molecule has 0 bridgehead atoms. The lowest BCUT2D eigenvalue weighted by molar-refractivity contribution is -0.384. The number of carbonyl (C=O) groups is 1. The molecule has 1 amide bonds. The summed E-state index contributed by atoms with van der Waals surface area (Å²) in [6.45, 7) is 2.01. The van der Waals surface area contributed by atoms with Gasteiger partial charge in [0.05, 0.1) is 4.92 Å². The topological polar surface area (TPSA) is 84.3 Å². The quantitative estimate of drug-likeness (QED) is 0.629. The third-order valence-corrected chi connectivity index (χ3v) is 3.39. The number of hydrogen-bond donors (Lipinski definition) is 2. The van der Waals surface area contributed by atoms with E-state index < -0.39 is 4.92 Å². The van der Waals surface area contributed by atoms with Crippen molar-refractivity contribution >= 4 is 17.3 Å². The molecule has 1 fully saturated rings. The zero-order valence-electron chi connectivity index (χ0n) is 11.0. The molecular formula is C13H17N3O3. The van der Waals surface area contributed by atoms with Gasteiger partial charge < -0.3 is 10.6 Å². The molecule has 0 radical (unpaired) electrons. The molecule has 0 heterocycles. The molecule has 0 spiro atoms. The van der Waals surface area contributed by atoms with Gasteiger partial charge in [-0.3, -0.25) is 14.9 Å². The summed E-state index contributed by atoms with van der Waals surface area (Å²) in [6, 6.07) is 4.55. The van der Waals surface area contributed by atoms with E-state index in [0.29, 0.717) is 17.2 Å². The zero-order chi connectivity index (χ0) is 14.0. The minimum Gasteiger partial charge on any atom is -0.377 e. The fourth-order valence-corrected chi connectivity index (χ4v) is 2.06. The summed E-state index contributed by atoms with van der Waals surface area (Å²) in [5.41, 5.74) is 0.823. The van der Waals surface area contributed by atoms with Crippen molar-refractivity contribution in [2.75, 3.05) is 12.4 Å². The first-order chi connectivity index (χ1) is 9.02. The maximum atomic E-state index is 11.6. The van der Waals surface area contributed by atoms with Crippen LogP contribution in [0.4, 0.5) is 11.4 Å². The highest BCUT2D eigenvalue weighted by Gasteiger charge is 2.29. The highest BCUT2D eigenvalue weighted by atomic mass is 16.6. The van der Waals surface area contributed by atoms with Gasteiger partial charge in [-0.1, -0.05) is 0 Å². The van der Waals surface area contributed by atoms with Crippen LogP contribution in [-0.4, -0.2) is 23.9 Å². The summed E-state index contributed by atoms with van der Waals surface area (Å²) >= 11 is 0. The molecule has 2 rings (SSSR count). The predicted octanol–water partition coefficient (Wildman–Crippen LogP) is 2.16. The standard InChI is InChI=1S/C13H17N3O3/c1-8(9-3-4-9)15-11-7-10(13(17)14-2)5-6-12(11)16(18)19/h5-9,15H,3-4H2,1-2H3,(H,14,17). The molecule has 1 aliphatic rings. The average Bonchev–Trinajstić information content (AvgIpc) is 3.21. The van der Waals surface area contributed by atoms with Crippen LogP contribution in [0.5, 0.6) is 0 Å². The highest BCUT2D eigenvalue weighted by molar-refractivity contribution is 5.95. The minimum absolute atomic E-state index is 0.000142. The monoisotopic (exact) mass is 263 g/mol. The summed E-state index contributed by atoms with van der Waals surface area (Å²) in [5.74, 6) is 0.320. The Hall–Kier alpha value is -2.11. The van der Waals surface area contributed by atoms with Crippen molar-refractivity contribution in [3.8, 4) is 0 Å². The Morgan fingerprint density at radius 2 is 2.16 bits per heavy atom.